The minimum atomic E-state index is 0.661. The van der Waals surface area contributed by atoms with Crippen LogP contribution in [0.5, 0.6) is 0 Å². The van der Waals surface area contributed by atoms with Crippen molar-refractivity contribution in [1.82, 2.24) is 24.1 Å². The van der Waals surface area contributed by atoms with Crippen LogP contribution in [-0.2, 0) is 0 Å². The summed E-state index contributed by atoms with van der Waals surface area (Å²) in [6.07, 6.45) is 7.18. The highest BCUT2D eigenvalue weighted by Gasteiger charge is 2.06. The quantitative estimate of drug-likeness (QED) is 0.609. The first kappa shape index (κ1) is 11.7. The first-order valence-corrected chi connectivity index (χ1v) is 6.50. The zero-order valence-electron chi connectivity index (χ0n) is 11.1. The smallest absolute Gasteiger partial charge is 0.182 e. The molecule has 0 bridgehead atoms. The summed E-state index contributed by atoms with van der Waals surface area (Å²) in [5.41, 5.74) is 9.19. The van der Waals surface area contributed by atoms with E-state index in [0.29, 0.717) is 11.5 Å². The fourth-order valence-electron chi connectivity index (χ4n) is 2.22. The maximum absolute atomic E-state index is 5.75. The molecule has 0 spiro atoms. The van der Waals surface area contributed by atoms with Gasteiger partial charge in [-0.15, -0.1) is 5.10 Å². The van der Waals surface area contributed by atoms with Gasteiger partial charge in [-0.05, 0) is 36.4 Å². The second kappa shape index (κ2) is 4.45. The van der Waals surface area contributed by atoms with E-state index in [0.717, 1.165) is 16.9 Å². The third kappa shape index (κ3) is 2.02. The molecule has 1 aromatic carbocycles. The van der Waals surface area contributed by atoms with Gasteiger partial charge in [0.2, 0.25) is 0 Å². The molecule has 0 radical (unpaired) electrons. The Hall–Kier alpha value is -3.15. The molecule has 0 unspecified atom stereocenters. The van der Waals surface area contributed by atoms with Gasteiger partial charge in [0.1, 0.15) is 0 Å². The Morgan fingerprint density at radius 1 is 1.00 bits per heavy atom. The lowest BCUT2D eigenvalue weighted by atomic mass is 10.2. The van der Waals surface area contributed by atoms with E-state index in [1.54, 1.807) is 23.2 Å². The number of hydrogen-bond donors (Lipinski definition) is 1. The Labute approximate surface area is 120 Å². The van der Waals surface area contributed by atoms with Gasteiger partial charge in [-0.1, -0.05) is 0 Å². The van der Waals surface area contributed by atoms with Gasteiger partial charge in [0.15, 0.2) is 11.5 Å². The molecule has 3 heterocycles. The Kier molecular flexibility index (Phi) is 2.47. The molecule has 0 atom stereocenters. The van der Waals surface area contributed by atoms with Crippen molar-refractivity contribution in [3.8, 4) is 17.1 Å². The predicted molar refractivity (Wildman–Crippen MR) is 80.0 cm³/mol. The van der Waals surface area contributed by atoms with Gasteiger partial charge in [-0.25, -0.2) is 14.5 Å². The molecule has 6 heteroatoms. The van der Waals surface area contributed by atoms with Gasteiger partial charge in [-0.3, -0.25) is 0 Å². The highest BCUT2D eigenvalue weighted by Crippen LogP contribution is 2.19. The number of pyridine rings is 1. The summed E-state index contributed by atoms with van der Waals surface area (Å²) in [7, 11) is 0. The van der Waals surface area contributed by atoms with Crippen LogP contribution in [0.2, 0.25) is 0 Å². The lowest BCUT2D eigenvalue weighted by Crippen LogP contribution is -1.91. The van der Waals surface area contributed by atoms with Crippen LogP contribution in [0.1, 0.15) is 0 Å². The van der Waals surface area contributed by atoms with Crippen molar-refractivity contribution >= 4 is 11.3 Å². The van der Waals surface area contributed by atoms with Crippen LogP contribution >= 0.6 is 0 Å². The molecule has 6 nitrogen and oxygen atoms in total. The number of nitrogens with zero attached hydrogens (tertiary/aromatic N) is 5. The van der Waals surface area contributed by atoms with Crippen LogP contribution in [0.3, 0.4) is 0 Å². The van der Waals surface area contributed by atoms with E-state index >= 15 is 0 Å². The van der Waals surface area contributed by atoms with E-state index < -0.39 is 0 Å². The normalized spacial score (nSPS) is 11.0. The summed E-state index contributed by atoms with van der Waals surface area (Å²) >= 11 is 0. The van der Waals surface area contributed by atoms with Crippen LogP contribution in [0.25, 0.3) is 22.7 Å². The number of nitrogen functional groups attached to an aromatic ring is 1. The van der Waals surface area contributed by atoms with Crippen molar-refractivity contribution in [2.45, 2.75) is 0 Å². The standard InChI is InChI=1S/C15H12N6/c16-12-3-6-14-18-15(19-21(14)9-12)11-1-4-13(5-2-11)20-8-7-17-10-20/h1-10H,16H2. The largest absolute Gasteiger partial charge is 0.397 e. The Bertz CT molecular complexity index is 890. The van der Waals surface area contributed by atoms with Gasteiger partial charge < -0.3 is 10.3 Å². The molecule has 3 aromatic heterocycles. The molecule has 0 aliphatic heterocycles. The topological polar surface area (TPSA) is 74.0 Å². The SMILES string of the molecule is Nc1ccc2nc(-c3ccc(-n4ccnc4)cc3)nn2c1. The van der Waals surface area contributed by atoms with Gasteiger partial charge in [0, 0.05) is 23.6 Å². The summed E-state index contributed by atoms with van der Waals surface area (Å²) in [5.74, 6) is 0.679. The van der Waals surface area contributed by atoms with Gasteiger partial charge >= 0.3 is 0 Å². The molecule has 2 N–H and O–H groups in total. The van der Waals surface area contributed by atoms with Crippen molar-refractivity contribution in [2.24, 2.45) is 0 Å². The fourth-order valence-corrected chi connectivity index (χ4v) is 2.22. The molecule has 0 aliphatic rings. The summed E-state index contributed by atoms with van der Waals surface area (Å²) in [6.45, 7) is 0. The van der Waals surface area contributed by atoms with E-state index in [1.807, 2.05) is 47.2 Å². The maximum atomic E-state index is 5.75. The van der Waals surface area contributed by atoms with Crippen molar-refractivity contribution in [2.75, 3.05) is 5.73 Å². The summed E-state index contributed by atoms with van der Waals surface area (Å²) < 4.78 is 3.63. The highest BCUT2D eigenvalue weighted by molar-refractivity contribution is 5.60. The van der Waals surface area contributed by atoms with Crippen LogP contribution in [0.15, 0.2) is 61.3 Å². The number of nitrogens with two attached hydrogens (primary N) is 1. The number of rotatable bonds is 2. The number of benzene rings is 1. The lowest BCUT2D eigenvalue weighted by molar-refractivity contribution is 0.968. The van der Waals surface area contributed by atoms with Gasteiger partial charge in [0.25, 0.3) is 0 Å². The van der Waals surface area contributed by atoms with Crippen LogP contribution in [-0.4, -0.2) is 24.1 Å². The number of imidazole rings is 1. The van der Waals surface area contributed by atoms with Crippen LogP contribution < -0.4 is 5.73 Å². The minimum Gasteiger partial charge on any atom is -0.397 e. The van der Waals surface area contributed by atoms with E-state index in [4.69, 9.17) is 5.73 Å². The van der Waals surface area contributed by atoms with Crippen LogP contribution in [0.4, 0.5) is 5.69 Å². The summed E-state index contributed by atoms with van der Waals surface area (Å²) in [6, 6.07) is 11.7. The number of fused-ring (bicyclic) bond motifs is 1. The third-order valence-electron chi connectivity index (χ3n) is 3.28. The second-order valence-electron chi connectivity index (χ2n) is 4.72. The molecular formula is C15H12N6. The van der Waals surface area contributed by atoms with Gasteiger partial charge in [-0.2, -0.15) is 0 Å². The lowest BCUT2D eigenvalue weighted by Gasteiger charge is -2.02. The van der Waals surface area contributed by atoms with Crippen molar-refractivity contribution in [1.29, 1.82) is 0 Å². The predicted octanol–water partition coefficient (Wildman–Crippen LogP) is 2.16. The fraction of sp³-hybridized carbons (Fsp3) is 0. The summed E-state index contributed by atoms with van der Waals surface area (Å²) in [5, 5.41) is 4.44. The first-order valence-electron chi connectivity index (χ1n) is 6.50. The Morgan fingerprint density at radius 2 is 1.86 bits per heavy atom. The number of hydrogen-bond acceptors (Lipinski definition) is 4. The van der Waals surface area contributed by atoms with Crippen molar-refractivity contribution in [3.63, 3.8) is 0 Å². The zero-order valence-corrected chi connectivity index (χ0v) is 11.1. The van der Waals surface area contributed by atoms with Gasteiger partial charge in [0.05, 0.1) is 18.2 Å². The molecule has 4 rings (SSSR count). The second-order valence-corrected chi connectivity index (χ2v) is 4.72. The molecule has 0 saturated heterocycles. The van der Waals surface area contributed by atoms with E-state index in [-0.39, 0.29) is 0 Å². The van der Waals surface area contributed by atoms with E-state index in [1.165, 1.54) is 0 Å². The average Bonchev–Trinajstić information content (AvgIpc) is 3.16. The monoisotopic (exact) mass is 276 g/mol. The number of aromatic nitrogens is 5. The summed E-state index contributed by atoms with van der Waals surface area (Å²) in [4.78, 5) is 8.53. The minimum absolute atomic E-state index is 0.661. The van der Waals surface area contributed by atoms with Crippen molar-refractivity contribution < 1.29 is 0 Å². The zero-order chi connectivity index (χ0) is 14.2. The Morgan fingerprint density at radius 3 is 2.62 bits per heavy atom. The number of anilines is 1. The highest BCUT2D eigenvalue weighted by atomic mass is 15.3. The molecule has 0 aliphatic carbocycles. The molecule has 0 amide bonds. The van der Waals surface area contributed by atoms with Crippen LogP contribution in [0, 0.1) is 0 Å². The first-order chi connectivity index (χ1) is 10.3. The third-order valence-corrected chi connectivity index (χ3v) is 3.28. The molecular weight excluding hydrogens is 264 g/mol. The maximum Gasteiger partial charge on any atom is 0.182 e. The Balaban J connectivity index is 1.74. The average molecular weight is 276 g/mol. The molecule has 0 saturated carbocycles. The molecule has 4 aromatic rings. The van der Waals surface area contributed by atoms with Crippen molar-refractivity contribution in [3.05, 3.63) is 61.3 Å². The molecule has 0 fully saturated rings. The van der Waals surface area contributed by atoms with E-state index in [2.05, 4.69) is 15.1 Å². The van der Waals surface area contributed by atoms with E-state index in [9.17, 15) is 0 Å². The molecule has 102 valence electrons. The molecule has 21 heavy (non-hydrogen) atoms.